The van der Waals surface area contributed by atoms with Gasteiger partial charge in [-0.1, -0.05) is 45.4 Å². The number of nitrogens with one attached hydrogen (secondary N) is 1. The van der Waals surface area contributed by atoms with Gasteiger partial charge in [0.2, 0.25) is 0 Å². The van der Waals surface area contributed by atoms with Gasteiger partial charge in [-0.3, -0.25) is 4.90 Å². The third-order valence-electron chi connectivity index (χ3n) is 5.37. The van der Waals surface area contributed by atoms with Crippen molar-refractivity contribution in [1.29, 1.82) is 0 Å². The van der Waals surface area contributed by atoms with Gasteiger partial charge in [0.1, 0.15) is 0 Å². The lowest BCUT2D eigenvalue weighted by atomic mass is 9.93. The number of nitrogens with zero attached hydrogens (tertiary/aromatic N) is 1. The Balaban J connectivity index is 2.14. The Kier molecular flexibility index (Phi) is 5.83. The molecule has 2 heteroatoms. The number of piperazine rings is 1. The Hall–Kier alpha value is -0.860. The predicted molar refractivity (Wildman–Crippen MR) is 91.7 cm³/mol. The summed E-state index contributed by atoms with van der Waals surface area (Å²) >= 11 is 0. The minimum absolute atomic E-state index is 0.641. The van der Waals surface area contributed by atoms with Crippen LogP contribution in [-0.2, 0) is 6.54 Å². The van der Waals surface area contributed by atoms with Crippen LogP contribution in [0.1, 0.15) is 50.3 Å². The zero-order valence-electron chi connectivity index (χ0n) is 14.4. The van der Waals surface area contributed by atoms with Crippen molar-refractivity contribution in [3.05, 3.63) is 34.9 Å². The highest BCUT2D eigenvalue weighted by Crippen LogP contribution is 2.22. The maximum atomic E-state index is 3.77. The van der Waals surface area contributed by atoms with Crippen molar-refractivity contribution in [3.63, 3.8) is 0 Å². The molecule has 2 nitrogen and oxygen atoms in total. The van der Waals surface area contributed by atoms with E-state index in [1.54, 1.807) is 0 Å². The molecule has 0 aromatic heterocycles. The Labute approximate surface area is 130 Å². The van der Waals surface area contributed by atoms with Crippen molar-refractivity contribution < 1.29 is 0 Å². The number of hydrogen-bond donors (Lipinski definition) is 1. The van der Waals surface area contributed by atoms with E-state index in [1.807, 2.05) is 0 Å². The SMILES string of the molecule is CCC(C)C1CN(Cc2c(C)cccc2C)C(CC)CN1. The first kappa shape index (κ1) is 16.5. The van der Waals surface area contributed by atoms with Gasteiger partial charge in [-0.25, -0.2) is 0 Å². The van der Waals surface area contributed by atoms with E-state index in [9.17, 15) is 0 Å². The van der Waals surface area contributed by atoms with Crippen LogP contribution in [-0.4, -0.2) is 30.1 Å². The van der Waals surface area contributed by atoms with E-state index >= 15 is 0 Å². The van der Waals surface area contributed by atoms with Crippen molar-refractivity contribution in [2.75, 3.05) is 13.1 Å². The molecule has 1 N–H and O–H groups in total. The van der Waals surface area contributed by atoms with Crippen molar-refractivity contribution in [3.8, 4) is 0 Å². The third-order valence-corrected chi connectivity index (χ3v) is 5.37. The van der Waals surface area contributed by atoms with Crippen molar-refractivity contribution in [2.45, 2.75) is 66.1 Å². The minimum Gasteiger partial charge on any atom is -0.311 e. The summed E-state index contributed by atoms with van der Waals surface area (Å²) < 4.78 is 0. The Bertz CT molecular complexity index is 435. The lowest BCUT2D eigenvalue weighted by molar-refractivity contribution is 0.0989. The molecule has 1 aliphatic heterocycles. The molecular formula is C19H32N2. The van der Waals surface area contributed by atoms with Crippen molar-refractivity contribution >= 4 is 0 Å². The first-order valence-corrected chi connectivity index (χ1v) is 8.59. The fourth-order valence-electron chi connectivity index (χ4n) is 3.45. The molecule has 1 aromatic carbocycles. The van der Waals surface area contributed by atoms with Crippen molar-refractivity contribution in [1.82, 2.24) is 10.2 Å². The van der Waals surface area contributed by atoms with Gasteiger partial charge in [-0.15, -0.1) is 0 Å². The fraction of sp³-hybridized carbons (Fsp3) is 0.684. The monoisotopic (exact) mass is 288 g/mol. The van der Waals surface area contributed by atoms with Crippen LogP contribution in [0.5, 0.6) is 0 Å². The lowest BCUT2D eigenvalue weighted by Crippen LogP contribution is -2.57. The van der Waals surface area contributed by atoms with Gasteiger partial charge < -0.3 is 5.32 Å². The van der Waals surface area contributed by atoms with E-state index in [0.717, 1.165) is 19.0 Å². The number of hydrogen-bond acceptors (Lipinski definition) is 2. The van der Waals surface area contributed by atoms with Crippen LogP contribution in [0.3, 0.4) is 0 Å². The average molecular weight is 288 g/mol. The maximum absolute atomic E-state index is 3.77. The van der Waals surface area contributed by atoms with E-state index in [1.165, 1.54) is 36.1 Å². The molecule has 0 spiro atoms. The van der Waals surface area contributed by atoms with E-state index in [4.69, 9.17) is 0 Å². The van der Waals surface area contributed by atoms with E-state index in [0.29, 0.717) is 12.1 Å². The maximum Gasteiger partial charge on any atom is 0.0243 e. The minimum atomic E-state index is 0.641. The molecule has 1 aliphatic rings. The molecule has 0 saturated carbocycles. The summed E-state index contributed by atoms with van der Waals surface area (Å²) in [6, 6.07) is 7.98. The second-order valence-electron chi connectivity index (χ2n) is 6.76. The molecule has 0 aliphatic carbocycles. The summed E-state index contributed by atoms with van der Waals surface area (Å²) in [5.74, 6) is 0.753. The van der Waals surface area contributed by atoms with Crippen LogP contribution in [0.15, 0.2) is 18.2 Å². The van der Waals surface area contributed by atoms with Crippen LogP contribution < -0.4 is 5.32 Å². The average Bonchev–Trinajstić information content (AvgIpc) is 2.50. The van der Waals surface area contributed by atoms with Gasteiger partial charge in [0.15, 0.2) is 0 Å². The van der Waals surface area contributed by atoms with Gasteiger partial charge in [0, 0.05) is 31.7 Å². The molecule has 0 amide bonds. The molecule has 0 radical (unpaired) electrons. The standard InChI is InChI=1S/C19H32N2/c1-6-14(3)19-13-21(17(7-2)11-20-19)12-18-15(4)9-8-10-16(18)5/h8-10,14,17,19-20H,6-7,11-13H2,1-5H3. The fourth-order valence-corrected chi connectivity index (χ4v) is 3.45. The highest BCUT2D eigenvalue weighted by molar-refractivity contribution is 5.33. The summed E-state index contributed by atoms with van der Waals surface area (Å²) in [6.45, 7) is 14.9. The van der Waals surface area contributed by atoms with Gasteiger partial charge in [0.25, 0.3) is 0 Å². The van der Waals surface area contributed by atoms with Crippen LogP contribution in [0.4, 0.5) is 0 Å². The zero-order chi connectivity index (χ0) is 15.4. The first-order valence-electron chi connectivity index (χ1n) is 8.59. The molecule has 1 fully saturated rings. The van der Waals surface area contributed by atoms with Crippen molar-refractivity contribution in [2.24, 2.45) is 5.92 Å². The number of aryl methyl sites for hydroxylation is 2. The second-order valence-corrected chi connectivity index (χ2v) is 6.76. The quantitative estimate of drug-likeness (QED) is 0.884. The van der Waals surface area contributed by atoms with E-state index in [2.05, 4.69) is 63.0 Å². The van der Waals surface area contributed by atoms with Gasteiger partial charge in [0.05, 0.1) is 0 Å². The Morgan fingerprint density at radius 1 is 1.24 bits per heavy atom. The molecule has 3 atom stereocenters. The molecule has 1 aromatic rings. The number of rotatable bonds is 5. The van der Waals surface area contributed by atoms with Gasteiger partial charge >= 0.3 is 0 Å². The summed E-state index contributed by atoms with van der Waals surface area (Å²) in [5, 5.41) is 3.77. The van der Waals surface area contributed by atoms with Gasteiger partial charge in [-0.05, 0) is 42.9 Å². The zero-order valence-corrected chi connectivity index (χ0v) is 14.4. The second kappa shape index (κ2) is 7.42. The van der Waals surface area contributed by atoms with Crippen LogP contribution in [0.25, 0.3) is 0 Å². The van der Waals surface area contributed by atoms with E-state index < -0.39 is 0 Å². The van der Waals surface area contributed by atoms with Crippen LogP contribution in [0.2, 0.25) is 0 Å². The number of benzene rings is 1. The third kappa shape index (κ3) is 3.87. The topological polar surface area (TPSA) is 15.3 Å². The van der Waals surface area contributed by atoms with E-state index in [-0.39, 0.29) is 0 Å². The van der Waals surface area contributed by atoms with Crippen LogP contribution >= 0.6 is 0 Å². The summed E-state index contributed by atoms with van der Waals surface area (Å²) in [7, 11) is 0. The summed E-state index contributed by atoms with van der Waals surface area (Å²) in [4.78, 5) is 2.71. The molecular weight excluding hydrogens is 256 g/mol. The largest absolute Gasteiger partial charge is 0.311 e. The Morgan fingerprint density at radius 3 is 2.48 bits per heavy atom. The molecule has 21 heavy (non-hydrogen) atoms. The molecule has 1 heterocycles. The smallest absolute Gasteiger partial charge is 0.0243 e. The molecule has 0 bridgehead atoms. The van der Waals surface area contributed by atoms with Crippen LogP contribution in [0, 0.1) is 19.8 Å². The highest BCUT2D eigenvalue weighted by atomic mass is 15.2. The summed E-state index contributed by atoms with van der Waals surface area (Å²) in [5.41, 5.74) is 4.40. The first-order chi connectivity index (χ1) is 10.1. The normalized spacial score (nSPS) is 25.0. The molecule has 118 valence electrons. The summed E-state index contributed by atoms with van der Waals surface area (Å²) in [6.07, 6.45) is 2.48. The lowest BCUT2D eigenvalue weighted by Gasteiger charge is -2.42. The molecule has 2 rings (SSSR count). The highest BCUT2D eigenvalue weighted by Gasteiger charge is 2.29. The van der Waals surface area contributed by atoms with Gasteiger partial charge in [-0.2, -0.15) is 0 Å². The molecule has 1 saturated heterocycles. The molecule has 3 unspecified atom stereocenters. The Morgan fingerprint density at radius 2 is 1.90 bits per heavy atom. The predicted octanol–water partition coefficient (Wildman–Crippen LogP) is 3.90.